The molecule has 0 saturated heterocycles. The van der Waals surface area contributed by atoms with Crippen molar-refractivity contribution in [1.29, 1.82) is 0 Å². The minimum absolute atomic E-state index is 0.240. The van der Waals surface area contributed by atoms with Gasteiger partial charge in [-0.2, -0.15) is 0 Å². The molecule has 0 aliphatic carbocycles. The number of para-hydroxylation sites is 3. The van der Waals surface area contributed by atoms with Crippen molar-refractivity contribution in [1.82, 2.24) is 0 Å². The Hall–Kier alpha value is -2.27. The Kier molecular flexibility index (Phi) is 3.98. The summed E-state index contributed by atoms with van der Waals surface area (Å²) in [5.74, 6) is 0. The third-order valence-corrected chi connectivity index (χ3v) is 2.40. The Bertz CT molecular complexity index is 528. The first-order chi connectivity index (χ1) is 8.75. The second-order valence-corrected chi connectivity index (χ2v) is 4.09. The summed E-state index contributed by atoms with van der Waals surface area (Å²) in [5, 5.41) is 3.16. The maximum absolute atomic E-state index is 5.47. The van der Waals surface area contributed by atoms with Crippen LogP contribution in [0.1, 0.15) is 0 Å². The number of rotatable bonds is 4. The largest absolute Gasteiger partial charge is 0.376 e. The smallest absolute Gasteiger partial charge is 0.168 e. The van der Waals surface area contributed by atoms with Crippen molar-refractivity contribution in [2.24, 2.45) is 5.73 Å². The standard InChI is InChI=1S/C13H14N4S/c14-13(18)15-11-8-4-5-9-12(11)17-16-10-6-2-1-3-7-10/h1-9,16-17H,(H3,14,15,18). The van der Waals surface area contributed by atoms with Crippen molar-refractivity contribution in [3.63, 3.8) is 0 Å². The predicted octanol–water partition coefficient (Wildman–Crippen LogP) is 2.78. The van der Waals surface area contributed by atoms with E-state index >= 15 is 0 Å². The van der Waals surface area contributed by atoms with Crippen LogP contribution in [-0.2, 0) is 0 Å². The molecule has 0 saturated carbocycles. The van der Waals surface area contributed by atoms with Crippen LogP contribution in [-0.4, -0.2) is 5.11 Å². The molecule has 5 heteroatoms. The van der Waals surface area contributed by atoms with Crippen LogP contribution in [0.2, 0.25) is 0 Å². The first kappa shape index (κ1) is 12.2. The van der Waals surface area contributed by atoms with E-state index in [0.717, 1.165) is 17.1 Å². The maximum atomic E-state index is 5.47. The number of nitrogens with two attached hydrogens (primary N) is 1. The van der Waals surface area contributed by atoms with Gasteiger partial charge in [0.1, 0.15) is 0 Å². The van der Waals surface area contributed by atoms with Gasteiger partial charge < -0.3 is 16.5 Å². The SMILES string of the molecule is NC(=S)Nc1ccccc1NNc1ccccc1. The van der Waals surface area contributed by atoms with E-state index in [4.69, 9.17) is 18.0 Å². The van der Waals surface area contributed by atoms with Gasteiger partial charge >= 0.3 is 0 Å². The molecule has 2 aromatic rings. The van der Waals surface area contributed by atoms with Crippen LogP contribution in [0.15, 0.2) is 54.6 Å². The van der Waals surface area contributed by atoms with Crippen LogP contribution in [0, 0.1) is 0 Å². The number of hydrogen-bond donors (Lipinski definition) is 4. The van der Waals surface area contributed by atoms with Crippen molar-refractivity contribution in [2.45, 2.75) is 0 Å². The molecular formula is C13H14N4S. The molecule has 0 aliphatic heterocycles. The fourth-order valence-corrected chi connectivity index (χ4v) is 1.60. The van der Waals surface area contributed by atoms with E-state index in [1.54, 1.807) is 0 Å². The molecule has 2 rings (SSSR count). The van der Waals surface area contributed by atoms with Gasteiger partial charge in [0.25, 0.3) is 0 Å². The van der Waals surface area contributed by atoms with E-state index in [9.17, 15) is 0 Å². The molecule has 0 spiro atoms. The third-order valence-electron chi connectivity index (χ3n) is 2.30. The minimum Gasteiger partial charge on any atom is -0.376 e. The zero-order valence-electron chi connectivity index (χ0n) is 9.68. The summed E-state index contributed by atoms with van der Waals surface area (Å²) in [6, 6.07) is 17.5. The molecular weight excluding hydrogens is 244 g/mol. The minimum atomic E-state index is 0.240. The lowest BCUT2D eigenvalue weighted by atomic mass is 10.2. The zero-order chi connectivity index (χ0) is 12.8. The third kappa shape index (κ3) is 3.36. The molecule has 0 heterocycles. The van der Waals surface area contributed by atoms with Gasteiger partial charge in [-0.1, -0.05) is 30.3 Å². The summed E-state index contributed by atoms with van der Waals surface area (Å²) < 4.78 is 0. The molecule has 18 heavy (non-hydrogen) atoms. The summed E-state index contributed by atoms with van der Waals surface area (Å²) in [5.41, 5.74) is 14.4. The van der Waals surface area contributed by atoms with E-state index in [2.05, 4.69) is 16.2 Å². The lowest BCUT2D eigenvalue weighted by Gasteiger charge is -2.14. The van der Waals surface area contributed by atoms with E-state index in [-0.39, 0.29) is 5.11 Å². The monoisotopic (exact) mass is 258 g/mol. The molecule has 0 amide bonds. The van der Waals surface area contributed by atoms with Crippen LogP contribution in [0.3, 0.4) is 0 Å². The highest BCUT2D eigenvalue weighted by molar-refractivity contribution is 7.80. The van der Waals surface area contributed by atoms with Gasteiger partial charge in [0.15, 0.2) is 5.11 Å². The Morgan fingerprint density at radius 1 is 0.833 bits per heavy atom. The van der Waals surface area contributed by atoms with Gasteiger partial charge in [0.05, 0.1) is 17.1 Å². The van der Waals surface area contributed by atoms with E-state index < -0.39 is 0 Å². The highest BCUT2D eigenvalue weighted by Crippen LogP contribution is 2.20. The summed E-state index contributed by atoms with van der Waals surface area (Å²) >= 11 is 4.83. The number of thiocarbonyl (C=S) groups is 1. The van der Waals surface area contributed by atoms with Crippen molar-refractivity contribution in [3.05, 3.63) is 54.6 Å². The summed E-state index contributed by atoms with van der Waals surface area (Å²) in [6.45, 7) is 0. The highest BCUT2D eigenvalue weighted by atomic mass is 32.1. The van der Waals surface area contributed by atoms with Gasteiger partial charge in [-0.3, -0.25) is 5.43 Å². The molecule has 4 nitrogen and oxygen atoms in total. The van der Waals surface area contributed by atoms with Gasteiger partial charge in [0, 0.05) is 0 Å². The number of hydrazine groups is 1. The topological polar surface area (TPSA) is 62.1 Å². The predicted molar refractivity (Wildman–Crippen MR) is 80.5 cm³/mol. The first-order valence-corrected chi connectivity index (χ1v) is 5.89. The van der Waals surface area contributed by atoms with Gasteiger partial charge in [0.2, 0.25) is 0 Å². The molecule has 0 unspecified atom stereocenters. The molecule has 0 aliphatic rings. The van der Waals surface area contributed by atoms with Crippen molar-refractivity contribution in [3.8, 4) is 0 Å². The fourth-order valence-electron chi connectivity index (χ4n) is 1.49. The molecule has 5 N–H and O–H groups in total. The quantitative estimate of drug-likeness (QED) is 0.502. The van der Waals surface area contributed by atoms with Gasteiger partial charge in [-0.05, 0) is 36.5 Å². The molecule has 0 atom stereocenters. The molecule has 0 fully saturated rings. The van der Waals surface area contributed by atoms with Gasteiger partial charge in [-0.15, -0.1) is 0 Å². The van der Waals surface area contributed by atoms with E-state index in [0.29, 0.717) is 0 Å². The summed E-state index contributed by atoms with van der Waals surface area (Å²) in [4.78, 5) is 0. The molecule has 0 aromatic heterocycles. The van der Waals surface area contributed by atoms with Crippen LogP contribution in [0.5, 0.6) is 0 Å². The van der Waals surface area contributed by atoms with E-state index in [1.165, 1.54) is 0 Å². The Labute approximate surface area is 111 Å². The fraction of sp³-hybridized carbons (Fsp3) is 0. The number of anilines is 3. The van der Waals surface area contributed by atoms with Crippen molar-refractivity contribution >= 4 is 34.4 Å². The first-order valence-electron chi connectivity index (χ1n) is 5.48. The maximum Gasteiger partial charge on any atom is 0.168 e. The molecule has 92 valence electrons. The molecule has 0 radical (unpaired) electrons. The Balaban J connectivity index is 2.07. The van der Waals surface area contributed by atoms with Crippen LogP contribution < -0.4 is 21.9 Å². The van der Waals surface area contributed by atoms with Crippen LogP contribution in [0.25, 0.3) is 0 Å². The normalized spacial score (nSPS) is 9.56. The van der Waals surface area contributed by atoms with Crippen molar-refractivity contribution in [2.75, 3.05) is 16.2 Å². The zero-order valence-corrected chi connectivity index (χ0v) is 10.5. The van der Waals surface area contributed by atoms with Gasteiger partial charge in [-0.25, -0.2) is 0 Å². The number of benzene rings is 2. The highest BCUT2D eigenvalue weighted by Gasteiger charge is 2.01. The summed E-state index contributed by atoms with van der Waals surface area (Å²) in [7, 11) is 0. The number of hydrogen-bond acceptors (Lipinski definition) is 3. The van der Waals surface area contributed by atoms with E-state index in [1.807, 2.05) is 54.6 Å². The lowest BCUT2D eigenvalue weighted by molar-refractivity contribution is 1.41. The summed E-state index contributed by atoms with van der Waals surface area (Å²) in [6.07, 6.45) is 0. The Morgan fingerprint density at radius 3 is 2.11 bits per heavy atom. The Morgan fingerprint density at radius 2 is 1.44 bits per heavy atom. The second-order valence-electron chi connectivity index (χ2n) is 3.65. The average Bonchev–Trinajstić information content (AvgIpc) is 2.38. The van der Waals surface area contributed by atoms with Crippen LogP contribution in [0.4, 0.5) is 17.1 Å². The number of nitrogens with one attached hydrogen (secondary N) is 3. The lowest BCUT2D eigenvalue weighted by Crippen LogP contribution is -2.20. The van der Waals surface area contributed by atoms with Crippen LogP contribution >= 0.6 is 12.2 Å². The second kappa shape index (κ2) is 5.88. The molecule has 2 aromatic carbocycles. The average molecular weight is 258 g/mol. The molecule has 0 bridgehead atoms. The van der Waals surface area contributed by atoms with Crippen molar-refractivity contribution < 1.29 is 0 Å².